The number of halogens is 2. The maximum atomic E-state index is 9.77. The Morgan fingerprint density at radius 1 is 1.44 bits per heavy atom. The SMILES string of the molecule is COc1cc(C(O)C(O)CCl)c(Cl)cc1N. The molecule has 0 heterocycles. The summed E-state index contributed by atoms with van der Waals surface area (Å²) in [7, 11) is 1.45. The standard InChI is InChI=1S/C10H13Cl2NO3/c1-16-9-2-5(6(12)3-7(9)13)10(15)8(14)4-11/h2-3,8,10,14-15H,4,13H2,1H3. The Morgan fingerprint density at radius 2 is 2.06 bits per heavy atom. The number of benzene rings is 1. The van der Waals surface area contributed by atoms with Gasteiger partial charge in [-0.3, -0.25) is 0 Å². The van der Waals surface area contributed by atoms with Gasteiger partial charge in [0.2, 0.25) is 0 Å². The van der Waals surface area contributed by atoms with Crippen LogP contribution in [0.15, 0.2) is 12.1 Å². The van der Waals surface area contributed by atoms with Crippen molar-refractivity contribution in [2.45, 2.75) is 12.2 Å². The van der Waals surface area contributed by atoms with Crippen LogP contribution in [0.1, 0.15) is 11.7 Å². The van der Waals surface area contributed by atoms with Crippen molar-refractivity contribution in [1.82, 2.24) is 0 Å². The number of alkyl halides is 1. The van der Waals surface area contributed by atoms with E-state index in [9.17, 15) is 10.2 Å². The molecule has 0 spiro atoms. The number of nitrogen functional groups attached to an aromatic ring is 1. The number of hydrogen-bond donors (Lipinski definition) is 3. The fourth-order valence-electron chi connectivity index (χ4n) is 1.28. The second-order valence-corrected chi connectivity index (χ2v) is 4.00. The van der Waals surface area contributed by atoms with Crippen molar-refractivity contribution in [1.29, 1.82) is 0 Å². The van der Waals surface area contributed by atoms with Crippen LogP contribution in [0.2, 0.25) is 5.02 Å². The van der Waals surface area contributed by atoms with Crippen LogP contribution in [-0.4, -0.2) is 29.3 Å². The van der Waals surface area contributed by atoms with Crippen molar-refractivity contribution in [3.8, 4) is 5.75 Å². The third-order valence-corrected chi connectivity index (χ3v) is 2.83. The van der Waals surface area contributed by atoms with E-state index in [0.29, 0.717) is 17.0 Å². The van der Waals surface area contributed by atoms with Crippen LogP contribution < -0.4 is 10.5 Å². The van der Waals surface area contributed by atoms with Crippen molar-refractivity contribution in [2.24, 2.45) is 0 Å². The van der Waals surface area contributed by atoms with Gasteiger partial charge in [-0.05, 0) is 12.1 Å². The smallest absolute Gasteiger partial charge is 0.142 e. The zero-order valence-corrected chi connectivity index (χ0v) is 10.2. The Hall–Kier alpha value is -0.680. The molecule has 0 saturated heterocycles. The first-order chi connectivity index (χ1) is 7.51. The van der Waals surface area contributed by atoms with Crippen LogP contribution in [0.5, 0.6) is 5.75 Å². The first kappa shape index (κ1) is 13.4. The quantitative estimate of drug-likeness (QED) is 0.571. The maximum absolute atomic E-state index is 9.77. The van der Waals surface area contributed by atoms with Gasteiger partial charge in [0.05, 0.1) is 24.8 Å². The van der Waals surface area contributed by atoms with Gasteiger partial charge in [-0.1, -0.05) is 11.6 Å². The van der Waals surface area contributed by atoms with E-state index < -0.39 is 12.2 Å². The first-order valence-corrected chi connectivity index (χ1v) is 5.47. The fourth-order valence-corrected chi connectivity index (χ4v) is 1.73. The topological polar surface area (TPSA) is 75.7 Å². The summed E-state index contributed by atoms with van der Waals surface area (Å²) in [5.41, 5.74) is 6.33. The minimum Gasteiger partial charge on any atom is -0.495 e. The minimum atomic E-state index is -1.17. The number of aliphatic hydroxyl groups is 2. The third-order valence-electron chi connectivity index (χ3n) is 2.19. The van der Waals surface area contributed by atoms with Gasteiger partial charge in [-0.15, -0.1) is 11.6 Å². The normalized spacial score (nSPS) is 14.6. The molecule has 0 aromatic heterocycles. The average molecular weight is 266 g/mol. The largest absolute Gasteiger partial charge is 0.495 e. The molecule has 16 heavy (non-hydrogen) atoms. The molecule has 2 atom stereocenters. The molecule has 1 rings (SSSR count). The lowest BCUT2D eigenvalue weighted by Crippen LogP contribution is -2.20. The number of anilines is 1. The molecule has 0 amide bonds. The summed E-state index contributed by atoms with van der Waals surface area (Å²) >= 11 is 11.3. The molecule has 0 fully saturated rings. The lowest BCUT2D eigenvalue weighted by atomic mass is 10.0. The van der Waals surface area contributed by atoms with Crippen molar-refractivity contribution in [3.63, 3.8) is 0 Å². The van der Waals surface area contributed by atoms with Gasteiger partial charge in [-0.25, -0.2) is 0 Å². The predicted molar refractivity (Wildman–Crippen MR) is 64.1 cm³/mol. The highest BCUT2D eigenvalue weighted by Crippen LogP contribution is 2.33. The minimum absolute atomic E-state index is 0.0931. The molecule has 0 radical (unpaired) electrons. The van der Waals surface area contributed by atoms with E-state index in [-0.39, 0.29) is 10.9 Å². The molecule has 90 valence electrons. The van der Waals surface area contributed by atoms with E-state index in [1.165, 1.54) is 19.2 Å². The summed E-state index contributed by atoms with van der Waals surface area (Å²) in [4.78, 5) is 0. The molecule has 1 aromatic carbocycles. The molecule has 0 saturated carbocycles. The van der Waals surface area contributed by atoms with Gasteiger partial charge < -0.3 is 20.7 Å². The Labute approximate surface area is 104 Å². The van der Waals surface area contributed by atoms with Gasteiger partial charge in [0, 0.05) is 10.6 Å². The van der Waals surface area contributed by atoms with Crippen molar-refractivity contribution < 1.29 is 14.9 Å². The molecule has 0 bridgehead atoms. The van der Waals surface area contributed by atoms with Gasteiger partial charge in [-0.2, -0.15) is 0 Å². The van der Waals surface area contributed by atoms with Crippen LogP contribution in [-0.2, 0) is 0 Å². The van der Waals surface area contributed by atoms with Gasteiger partial charge >= 0.3 is 0 Å². The average Bonchev–Trinajstić information content (AvgIpc) is 2.27. The molecule has 4 nitrogen and oxygen atoms in total. The highest BCUT2D eigenvalue weighted by Gasteiger charge is 2.21. The number of rotatable bonds is 4. The van der Waals surface area contributed by atoms with E-state index in [0.717, 1.165) is 0 Å². The summed E-state index contributed by atoms with van der Waals surface area (Å²) in [6, 6.07) is 2.94. The summed E-state index contributed by atoms with van der Waals surface area (Å²) in [5.74, 6) is 0.296. The van der Waals surface area contributed by atoms with E-state index in [1.807, 2.05) is 0 Å². The number of nitrogens with two attached hydrogens (primary N) is 1. The monoisotopic (exact) mass is 265 g/mol. The van der Waals surface area contributed by atoms with Crippen molar-refractivity contribution >= 4 is 28.9 Å². The Bertz CT molecular complexity index is 373. The number of hydrogen-bond acceptors (Lipinski definition) is 4. The molecule has 0 aliphatic heterocycles. The first-order valence-electron chi connectivity index (χ1n) is 4.56. The van der Waals surface area contributed by atoms with E-state index in [1.54, 1.807) is 0 Å². The lowest BCUT2D eigenvalue weighted by molar-refractivity contribution is 0.0327. The summed E-state index contributed by atoms with van der Waals surface area (Å²) in [6.45, 7) is 0. The number of aliphatic hydroxyl groups excluding tert-OH is 2. The fraction of sp³-hybridized carbons (Fsp3) is 0.400. The van der Waals surface area contributed by atoms with Crippen molar-refractivity contribution in [3.05, 3.63) is 22.7 Å². The molecule has 0 aliphatic rings. The second kappa shape index (κ2) is 5.59. The number of methoxy groups -OCH3 is 1. The molecule has 0 aliphatic carbocycles. The predicted octanol–water partition coefficient (Wildman–Crippen LogP) is 1.56. The maximum Gasteiger partial charge on any atom is 0.142 e. The van der Waals surface area contributed by atoms with E-state index in [4.69, 9.17) is 33.7 Å². The van der Waals surface area contributed by atoms with E-state index in [2.05, 4.69) is 0 Å². The second-order valence-electron chi connectivity index (χ2n) is 3.28. The van der Waals surface area contributed by atoms with Crippen LogP contribution >= 0.6 is 23.2 Å². The molecular weight excluding hydrogens is 253 g/mol. The van der Waals surface area contributed by atoms with Crippen LogP contribution in [0.3, 0.4) is 0 Å². The Morgan fingerprint density at radius 3 is 2.56 bits per heavy atom. The highest BCUT2D eigenvalue weighted by atomic mass is 35.5. The number of ether oxygens (including phenoxy) is 1. The molecule has 6 heteroatoms. The summed E-state index contributed by atoms with van der Waals surface area (Å²) in [5, 5.41) is 19.4. The molecule has 4 N–H and O–H groups in total. The van der Waals surface area contributed by atoms with Gasteiger partial charge in [0.1, 0.15) is 11.9 Å². The highest BCUT2D eigenvalue weighted by molar-refractivity contribution is 6.31. The Kier molecular flexibility index (Phi) is 4.68. The zero-order valence-electron chi connectivity index (χ0n) is 8.65. The molecular formula is C10H13Cl2NO3. The zero-order chi connectivity index (χ0) is 12.3. The van der Waals surface area contributed by atoms with Crippen molar-refractivity contribution in [2.75, 3.05) is 18.7 Å². The van der Waals surface area contributed by atoms with Gasteiger partial charge in [0.15, 0.2) is 0 Å². The summed E-state index contributed by atoms with van der Waals surface area (Å²) in [6.07, 6.45) is -2.26. The third kappa shape index (κ3) is 2.71. The molecule has 2 unspecified atom stereocenters. The lowest BCUT2D eigenvalue weighted by Gasteiger charge is -2.18. The van der Waals surface area contributed by atoms with Gasteiger partial charge in [0.25, 0.3) is 0 Å². The van der Waals surface area contributed by atoms with Crippen LogP contribution in [0, 0.1) is 0 Å². The molecule has 1 aromatic rings. The van der Waals surface area contributed by atoms with Crippen LogP contribution in [0.4, 0.5) is 5.69 Å². The summed E-state index contributed by atoms with van der Waals surface area (Å²) < 4.78 is 4.99. The van der Waals surface area contributed by atoms with E-state index >= 15 is 0 Å². The van der Waals surface area contributed by atoms with Crippen LogP contribution in [0.25, 0.3) is 0 Å². The Balaban J connectivity index is 3.13.